The van der Waals surface area contributed by atoms with Crippen LogP contribution in [0.1, 0.15) is 16.7 Å². The number of aryl methyl sites for hydroxylation is 1. The minimum atomic E-state index is -0.407. The number of para-hydroxylation sites is 1. The Morgan fingerprint density at radius 2 is 1.83 bits per heavy atom. The molecule has 0 aromatic heterocycles. The minimum Gasteiger partial charge on any atom is -0.489 e. The molecule has 5 nitrogen and oxygen atoms in total. The van der Waals surface area contributed by atoms with Gasteiger partial charge in [-0.05, 0) is 60.5 Å². The Kier molecular flexibility index (Phi) is 7.11. The number of amides is 2. The molecule has 0 unspecified atom stereocenters. The summed E-state index contributed by atoms with van der Waals surface area (Å²) in [4.78, 5) is 11.9. The van der Waals surface area contributed by atoms with E-state index < -0.39 is 6.03 Å². The summed E-state index contributed by atoms with van der Waals surface area (Å²) < 4.78 is 5.74. The summed E-state index contributed by atoms with van der Waals surface area (Å²) >= 11 is 12.0. The van der Waals surface area contributed by atoms with Crippen molar-refractivity contribution in [2.45, 2.75) is 13.5 Å². The van der Waals surface area contributed by atoms with Crippen LogP contribution in [0.25, 0.3) is 0 Å². The van der Waals surface area contributed by atoms with Crippen molar-refractivity contribution >= 4 is 41.1 Å². The molecule has 0 saturated heterocycles. The van der Waals surface area contributed by atoms with Gasteiger partial charge in [0.15, 0.2) is 0 Å². The number of hydrazone groups is 1. The summed E-state index contributed by atoms with van der Waals surface area (Å²) in [5, 5.41) is 7.85. The van der Waals surface area contributed by atoms with Crippen molar-refractivity contribution in [3.63, 3.8) is 0 Å². The van der Waals surface area contributed by atoms with E-state index in [4.69, 9.17) is 27.9 Å². The third kappa shape index (κ3) is 6.24. The van der Waals surface area contributed by atoms with Gasteiger partial charge in [-0.15, -0.1) is 0 Å². The molecule has 29 heavy (non-hydrogen) atoms. The van der Waals surface area contributed by atoms with Crippen LogP contribution in [-0.4, -0.2) is 12.2 Å². The van der Waals surface area contributed by atoms with Crippen LogP contribution in [0.4, 0.5) is 10.5 Å². The molecular weight excluding hydrogens is 409 g/mol. The first-order valence-electron chi connectivity index (χ1n) is 8.84. The van der Waals surface area contributed by atoms with Crippen LogP contribution in [0.15, 0.2) is 71.8 Å². The number of nitrogens with zero attached hydrogens (tertiary/aromatic N) is 1. The number of ether oxygens (including phenoxy) is 1. The lowest BCUT2D eigenvalue weighted by Gasteiger charge is -2.08. The Bertz CT molecular complexity index is 1020. The summed E-state index contributed by atoms with van der Waals surface area (Å²) in [7, 11) is 0. The fourth-order valence-electron chi connectivity index (χ4n) is 2.48. The van der Waals surface area contributed by atoms with Gasteiger partial charge in [-0.25, -0.2) is 10.2 Å². The van der Waals surface area contributed by atoms with E-state index in [1.807, 2.05) is 61.5 Å². The van der Waals surface area contributed by atoms with E-state index in [1.54, 1.807) is 18.3 Å². The molecule has 0 atom stereocenters. The first-order valence-corrected chi connectivity index (χ1v) is 9.59. The van der Waals surface area contributed by atoms with Crippen LogP contribution in [0.5, 0.6) is 5.75 Å². The van der Waals surface area contributed by atoms with E-state index >= 15 is 0 Å². The van der Waals surface area contributed by atoms with Gasteiger partial charge in [0.2, 0.25) is 0 Å². The molecule has 7 heteroatoms. The normalized spacial score (nSPS) is 10.7. The lowest BCUT2D eigenvalue weighted by Crippen LogP contribution is -2.24. The van der Waals surface area contributed by atoms with Gasteiger partial charge in [0.05, 0.1) is 6.21 Å². The second-order valence-electron chi connectivity index (χ2n) is 6.23. The third-order valence-electron chi connectivity index (χ3n) is 4.06. The number of carbonyl (C=O) groups excluding carboxylic acids is 1. The van der Waals surface area contributed by atoms with Gasteiger partial charge in [-0.3, -0.25) is 0 Å². The Morgan fingerprint density at radius 1 is 1.07 bits per heavy atom. The highest BCUT2D eigenvalue weighted by atomic mass is 35.5. The summed E-state index contributed by atoms with van der Waals surface area (Å²) in [6.45, 7) is 2.26. The predicted octanol–water partition coefficient (Wildman–Crippen LogP) is 6.04. The van der Waals surface area contributed by atoms with Crippen LogP contribution in [-0.2, 0) is 6.61 Å². The van der Waals surface area contributed by atoms with Crippen LogP contribution in [0.3, 0.4) is 0 Å². The number of anilines is 1. The number of urea groups is 1. The average Bonchev–Trinajstić information content (AvgIpc) is 2.70. The van der Waals surface area contributed by atoms with Gasteiger partial charge in [0.1, 0.15) is 12.4 Å². The number of rotatable bonds is 6. The highest BCUT2D eigenvalue weighted by Crippen LogP contribution is 2.22. The van der Waals surface area contributed by atoms with Crippen LogP contribution >= 0.6 is 23.2 Å². The van der Waals surface area contributed by atoms with E-state index in [0.29, 0.717) is 22.4 Å². The maximum absolute atomic E-state index is 11.9. The molecule has 3 rings (SSSR count). The van der Waals surface area contributed by atoms with E-state index in [0.717, 1.165) is 22.4 Å². The second kappa shape index (κ2) is 9.96. The van der Waals surface area contributed by atoms with E-state index in [9.17, 15) is 4.79 Å². The second-order valence-corrected chi connectivity index (χ2v) is 7.08. The predicted molar refractivity (Wildman–Crippen MR) is 118 cm³/mol. The summed E-state index contributed by atoms with van der Waals surface area (Å²) in [6, 6.07) is 19.7. The fourth-order valence-corrected chi connectivity index (χ4v) is 2.94. The van der Waals surface area contributed by atoms with Crippen molar-refractivity contribution in [2.75, 3.05) is 5.32 Å². The highest BCUT2D eigenvalue weighted by molar-refractivity contribution is 6.35. The zero-order chi connectivity index (χ0) is 20.6. The molecule has 3 aromatic rings. The molecular formula is C22H19Cl2N3O2. The highest BCUT2D eigenvalue weighted by Gasteiger charge is 2.03. The number of nitrogens with one attached hydrogen (secondary N) is 2. The first-order chi connectivity index (χ1) is 14.0. The molecule has 148 valence electrons. The van der Waals surface area contributed by atoms with Crippen molar-refractivity contribution in [2.24, 2.45) is 5.10 Å². The molecule has 0 heterocycles. The Balaban J connectivity index is 1.49. The summed E-state index contributed by atoms with van der Waals surface area (Å²) in [5.74, 6) is 0.693. The van der Waals surface area contributed by atoms with Crippen molar-refractivity contribution in [1.29, 1.82) is 0 Å². The number of halogens is 2. The molecule has 0 fully saturated rings. The number of hydrogen-bond donors (Lipinski definition) is 2. The van der Waals surface area contributed by atoms with Crippen LogP contribution in [0, 0.1) is 6.92 Å². The summed E-state index contributed by atoms with van der Waals surface area (Å²) in [6.07, 6.45) is 1.55. The zero-order valence-corrected chi connectivity index (χ0v) is 17.2. The Morgan fingerprint density at radius 3 is 2.55 bits per heavy atom. The third-order valence-corrected chi connectivity index (χ3v) is 4.65. The van der Waals surface area contributed by atoms with Crippen molar-refractivity contribution in [3.8, 4) is 5.75 Å². The largest absolute Gasteiger partial charge is 0.489 e. The summed E-state index contributed by atoms with van der Waals surface area (Å²) in [5.41, 5.74) is 5.82. The molecule has 0 bridgehead atoms. The van der Waals surface area contributed by atoms with Gasteiger partial charge >= 0.3 is 6.03 Å². The molecule has 0 radical (unpaired) electrons. The van der Waals surface area contributed by atoms with E-state index in [2.05, 4.69) is 15.8 Å². The van der Waals surface area contributed by atoms with E-state index in [-0.39, 0.29) is 0 Å². The van der Waals surface area contributed by atoms with Gasteiger partial charge < -0.3 is 10.1 Å². The quantitative estimate of drug-likeness (QED) is 0.372. The molecule has 0 spiro atoms. The van der Waals surface area contributed by atoms with Gasteiger partial charge in [0.25, 0.3) is 0 Å². The van der Waals surface area contributed by atoms with Crippen molar-refractivity contribution in [3.05, 3.63) is 93.5 Å². The molecule has 0 aliphatic rings. The molecule has 2 N–H and O–H groups in total. The molecule has 0 aliphatic carbocycles. The zero-order valence-electron chi connectivity index (χ0n) is 15.7. The Hall–Kier alpha value is -3.02. The lowest BCUT2D eigenvalue weighted by molar-refractivity contribution is 0.252. The fraction of sp³-hybridized carbons (Fsp3) is 0.0909. The van der Waals surface area contributed by atoms with Crippen LogP contribution < -0.4 is 15.5 Å². The topological polar surface area (TPSA) is 62.7 Å². The monoisotopic (exact) mass is 427 g/mol. The molecule has 3 aromatic carbocycles. The molecule has 0 saturated carbocycles. The standard InChI is InChI=1S/C22H19Cl2N3O2/c1-15-4-2-3-5-21(15)26-22(28)27-25-13-16-6-10-19(11-7-16)29-14-17-8-9-18(23)12-20(17)24/h2-13H,14H2,1H3,(H2,26,27,28). The first kappa shape index (κ1) is 20.7. The Labute approximate surface area is 179 Å². The molecule has 2 amide bonds. The van der Waals surface area contributed by atoms with Crippen molar-refractivity contribution < 1.29 is 9.53 Å². The smallest absolute Gasteiger partial charge is 0.339 e. The average molecular weight is 428 g/mol. The lowest BCUT2D eigenvalue weighted by atomic mass is 10.2. The number of carbonyl (C=O) groups is 1. The molecule has 0 aliphatic heterocycles. The van der Waals surface area contributed by atoms with Gasteiger partial charge in [-0.2, -0.15) is 5.10 Å². The van der Waals surface area contributed by atoms with E-state index in [1.165, 1.54) is 0 Å². The number of benzene rings is 3. The number of hydrogen-bond acceptors (Lipinski definition) is 3. The maximum Gasteiger partial charge on any atom is 0.339 e. The SMILES string of the molecule is Cc1ccccc1NC(=O)NN=Cc1ccc(OCc2ccc(Cl)cc2Cl)cc1. The van der Waals surface area contributed by atoms with Crippen molar-refractivity contribution in [1.82, 2.24) is 5.43 Å². The van der Waals surface area contributed by atoms with Gasteiger partial charge in [-0.1, -0.05) is 47.5 Å². The van der Waals surface area contributed by atoms with Crippen LogP contribution in [0.2, 0.25) is 10.0 Å². The van der Waals surface area contributed by atoms with Gasteiger partial charge in [0, 0.05) is 21.3 Å². The maximum atomic E-state index is 11.9. The minimum absolute atomic E-state index is 0.337.